The Morgan fingerprint density at radius 2 is 1.77 bits per heavy atom. The van der Waals surface area contributed by atoms with Crippen molar-refractivity contribution in [1.29, 1.82) is 0 Å². The minimum atomic E-state index is -0.208. The van der Waals surface area contributed by atoms with Crippen molar-refractivity contribution in [2.24, 2.45) is 0 Å². The number of nitrogens with zero attached hydrogens (tertiary/aromatic N) is 2. The van der Waals surface area contributed by atoms with Gasteiger partial charge in [-0.05, 0) is 62.9 Å². The van der Waals surface area contributed by atoms with Crippen LogP contribution in [0.3, 0.4) is 0 Å². The molecule has 1 aromatic carbocycles. The van der Waals surface area contributed by atoms with Crippen molar-refractivity contribution < 1.29 is 4.79 Å². The average molecular weight is 363 g/mol. The van der Waals surface area contributed by atoms with Crippen molar-refractivity contribution in [1.82, 2.24) is 9.80 Å². The molecule has 1 atom stereocenters. The van der Waals surface area contributed by atoms with Gasteiger partial charge in [-0.1, -0.05) is 28.1 Å². The van der Waals surface area contributed by atoms with Gasteiger partial charge in [-0.2, -0.15) is 0 Å². The van der Waals surface area contributed by atoms with Crippen LogP contribution >= 0.6 is 15.9 Å². The molecule has 3 fully saturated rings. The fourth-order valence-corrected chi connectivity index (χ4v) is 4.42. The normalized spacial score (nSPS) is 27.3. The number of carbonyl (C=O) groups is 1. The minimum Gasteiger partial charge on any atom is -0.340 e. The molecule has 2 aliphatic heterocycles. The molecule has 22 heavy (non-hydrogen) atoms. The summed E-state index contributed by atoms with van der Waals surface area (Å²) in [5.74, 6) is 0.372. The van der Waals surface area contributed by atoms with Gasteiger partial charge in [-0.15, -0.1) is 0 Å². The van der Waals surface area contributed by atoms with Gasteiger partial charge in [-0.3, -0.25) is 9.69 Å². The van der Waals surface area contributed by atoms with Crippen molar-refractivity contribution in [3.63, 3.8) is 0 Å². The molecule has 0 aromatic heterocycles. The standard InChI is InChI=1S/C18H23BrN2O/c19-15-5-3-14(4-6-15)18(8-9-18)17(22)21-12-7-16(13-21)20-10-1-2-11-20/h3-6,16H,1-2,7-13H2/t16-/m1/s1. The highest BCUT2D eigenvalue weighted by Gasteiger charge is 2.53. The molecule has 0 radical (unpaired) electrons. The van der Waals surface area contributed by atoms with Crippen LogP contribution in [-0.2, 0) is 10.2 Å². The second-order valence-corrected chi connectivity index (χ2v) is 7.94. The first kappa shape index (κ1) is 14.7. The second kappa shape index (κ2) is 5.64. The summed E-state index contributed by atoms with van der Waals surface area (Å²) in [6.45, 7) is 4.34. The highest BCUT2D eigenvalue weighted by atomic mass is 79.9. The largest absolute Gasteiger partial charge is 0.340 e. The van der Waals surface area contributed by atoms with E-state index in [0.29, 0.717) is 11.9 Å². The fraction of sp³-hybridized carbons (Fsp3) is 0.611. The highest BCUT2D eigenvalue weighted by molar-refractivity contribution is 9.10. The van der Waals surface area contributed by atoms with E-state index in [9.17, 15) is 4.79 Å². The summed E-state index contributed by atoms with van der Waals surface area (Å²) in [7, 11) is 0. The van der Waals surface area contributed by atoms with E-state index in [-0.39, 0.29) is 5.41 Å². The molecule has 1 aliphatic carbocycles. The Morgan fingerprint density at radius 3 is 2.41 bits per heavy atom. The van der Waals surface area contributed by atoms with Crippen LogP contribution < -0.4 is 0 Å². The third-order valence-electron chi connectivity index (χ3n) is 5.66. The Hall–Kier alpha value is -0.870. The summed E-state index contributed by atoms with van der Waals surface area (Å²) in [5, 5.41) is 0. The molecule has 2 saturated heterocycles. The maximum absolute atomic E-state index is 13.1. The summed E-state index contributed by atoms with van der Waals surface area (Å²) in [4.78, 5) is 17.8. The minimum absolute atomic E-state index is 0.208. The van der Waals surface area contributed by atoms with Gasteiger partial charge in [0.1, 0.15) is 0 Å². The van der Waals surface area contributed by atoms with Gasteiger partial charge in [-0.25, -0.2) is 0 Å². The van der Waals surface area contributed by atoms with Gasteiger partial charge < -0.3 is 4.90 Å². The third kappa shape index (κ3) is 2.50. The monoisotopic (exact) mass is 362 g/mol. The van der Waals surface area contributed by atoms with Crippen LogP contribution in [0.5, 0.6) is 0 Å². The Morgan fingerprint density at radius 1 is 1.09 bits per heavy atom. The Kier molecular flexibility index (Phi) is 3.77. The lowest BCUT2D eigenvalue weighted by molar-refractivity contribution is -0.133. The van der Waals surface area contributed by atoms with Crippen LogP contribution in [0.1, 0.15) is 37.7 Å². The fourth-order valence-electron chi connectivity index (χ4n) is 4.15. The lowest BCUT2D eigenvalue weighted by Crippen LogP contribution is -2.41. The number of likely N-dealkylation sites (tertiary alicyclic amines) is 2. The first-order chi connectivity index (χ1) is 10.7. The van der Waals surface area contributed by atoms with Crippen LogP contribution in [-0.4, -0.2) is 47.9 Å². The number of halogens is 1. The Balaban J connectivity index is 1.46. The number of benzene rings is 1. The summed E-state index contributed by atoms with van der Waals surface area (Å²) in [6, 6.07) is 8.94. The first-order valence-electron chi connectivity index (χ1n) is 8.48. The summed E-state index contributed by atoms with van der Waals surface area (Å²) < 4.78 is 1.08. The second-order valence-electron chi connectivity index (χ2n) is 7.03. The summed E-state index contributed by atoms with van der Waals surface area (Å²) in [5.41, 5.74) is 0.992. The van der Waals surface area contributed by atoms with Crippen molar-refractivity contribution in [2.45, 2.75) is 43.6 Å². The number of amides is 1. The van der Waals surface area contributed by atoms with Gasteiger partial charge >= 0.3 is 0 Å². The predicted molar refractivity (Wildman–Crippen MR) is 90.8 cm³/mol. The van der Waals surface area contributed by atoms with Gasteiger partial charge in [0.05, 0.1) is 5.41 Å². The van der Waals surface area contributed by atoms with E-state index in [1.807, 2.05) is 0 Å². The smallest absolute Gasteiger partial charge is 0.233 e. The molecular weight excluding hydrogens is 340 g/mol. The molecule has 0 unspecified atom stereocenters. The van der Waals surface area contributed by atoms with E-state index in [1.54, 1.807) is 0 Å². The molecular formula is C18H23BrN2O. The number of rotatable bonds is 3. The molecule has 0 N–H and O–H groups in total. The van der Waals surface area contributed by atoms with Gasteiger partial charge in [0.2, 0.25) is 5.91 Å². The number of hydrogen-bond acceptors (Lipinski definition) is 2. The maximum Gasteiger partial charge on any atom is 0.233 e. The van der Waals surface area contributed by atoms with E-state index >= 15 is 0 Å². The highest BCUT2D eigenvalue weighted by Crippen LogP contribution is 2.50. The lowest BCUT2D eigenvalue weighted by atomic mass is 9.94. The molecule has 3 nitrogen and oxygen atoms in total. The van der Waals surface area contributed by atoms with E-state index in [4.69, 9.17) is 0 Å². The predicted octanol–water partition coefficient (Wildman–Crippen LogP) is 3.18. The Bertz CT molecular complexity index is 561. The molecule has 0 bridgehead atoms. The molecule has 3 aliphatic rings. The molecule has 1 saturated carbocycles. The van der Waals surface area contributed by atoms with Crippen LogP contribution in [0.25, 0.3) is 0 Å². The topological polar surface area (TPSA) is 23.6 Å². The van der Waals surface area contributed by atoms with Crippen LogP contribution in [0.15, 0.2) is 28.7 Å². The van der Waals surface area contributed by atoms with E-state index in [2.05, 4.69) is 50.0 Å². The van der Waals surface area contributed by atoms with Crippen LogP contribution in [0, 0.1) is 0 Å². The van der Waals surface area contributed by atoms with Crippen LogP contribution in [0.4, 0.5) is 0 Å². The van der Waals surface area contributed by atoms with E-state index in [0.717, 1.165) is 36.8 Å². The SMILES string of the molecule is O=C(N1CC[C@@H](N2CCCC2)C1)C1(c2ccc(Br)cc2)CC1. The summed E-state index contributed by atoms with van der Waals surface area (Å²) in [6.07, 6.45) is 5.83. The molecule has 1 amide bonds. The van der Waals surface area contributed by atoms with Gasteiger partial charge in [0.15, 0.2) is 0 Å². The third-order valence-corrected chi connectivity index (χ3v) is 6.19. The zero-order valence-electron chi connectivity index (χ0n) is 12.9. The quantitative estimate of drug-likeness (QED) is 0.824. The van der Waals surface area contributed by atoms with E-state index in [1.165, 1.54) is 31.5 Å². The molecule has 4 heteroatoms. The average Bonchev–Trinajstić information content (AvgIpc) is 2.97. The lowest BCUT2D eigenvalue weighted by Gasteiger charge is -2.26. The van der Waals surface area contributed by atoms with E-state index < -0.39 is 0 Å². The first-order valence-corrected chi connectivity index (χ1v) is 9.28. The van der Waals surface area contributed by atoms with Crippen LogP contribution in [0.2, 0.25) is 0 Å². The zero-order valence-corrected chi connectivity index (χ0v) is 14.5. The molecule has 0 spiro atoms. The zero-order chi connectivity index (χ0) is 15.2. The number of hydrogen-bond donors (Lipinski definition) is 0. The number of carbonyl (C=O) groups excluding carboxylic acids is 1. The summed E-state index contributed by atoms with van der Waals surface area (Å²) >= 11 is 3.48. The van der Waals surface area contributed by atoms with Gasteiger partial charge in [0.25, 0.3) is 0 Å². The molecule has 1 aromatic rings. The molecule has 4 rings (SSSR count). The molecule has 118 valence electrons. The van der Waals surface area contributed by atoms with Crippen molar-refractivity contribution in [2.75, 3.05) is 26.2 Å². The Labute approximate surface area is 140 Å². The molecule has 2 heterocycles. The van der Waals surface area contributed by atoms with Gasteiger partial charge in [0, 0.05) is 23.6 Å². The van der Waals surface area contributed by atoms with Crippen molar-refractivity contribution in [3.05, 3.63) is 34.3 Å². The van der Waals surface area contributed by atoms with Crippen molar-refractivity contribution >= 4 is 21.8 Å². The van der Waals surface area contributed by atoms with Crippen molar-refractivity contribution in [3.8, 4) is 0 Å². The maximum atomic E-state index is 13.1.